The first-order valence-electron chi connectivity index (χ1n) is 9.49. The first-order chi connectivity index (χ1) is 13.5. The van der Waals surface area contributed by atoms with E-state index in [1.54, 1.807) is 24.3 Å². The highest BCUT2D eigenvalue weighted by molar-refractivity contribution is 6.02. The van der Waals surface area contributed by atoms with Gasteiger partial charge in [0.15, 0.2) is 0 Å². The molecule has 0 spiro atoms. The van der Waals surface area contributed by atoms with Crippen LogP contribution in [0.25, 0.3) is 0 Å². The molecule has 1 unspecified atom stereocenters. The van der Waals surface area contributed by atoms with Gasteiger partial charge in [-0.3, -0.25) is 4.79 Å². The largest absolute Gasteiger partial charge is 0.489 e. The molecule has 1 aliphatic rings. The molecule has 3 rings (SSSR count). The molecule has 28 heavy (non-hydrogen) atoms. The Kier molecular flexibility index (Phi) is 6.43. The van der Waals surface area contributed by atoms with Crippen LogP contribution in [0.5, 0.6) is 5.75 Å². The lowest BCUT2D eigenvalue weighted by Gasteiger charge is -2.22. The lowest BCUT2D eigenvalue weighted by molar-refractivity contribution is 0.0954. The molecular weight excluding hydrogens is 348 g/mol. The Hall–Kier alpha value is -3.14. The fraction of sp³-hybridized carbons (Fsp3) is 0.250. The number of hydrogen-bond acceptors (Lipinski definition) is 3. The molecule has 4 heteroatoms. The normalized spacial score (nSPS) is 17.7. The Labute approximate surface area is 166 Å². The van der Waals surface area contributed by atoms with E-state index in [2.05, 4.69) is 23.2 Å². The molecule has 1 N–H and O–H groups in total. The molecular formula is C24H26N2O2. The van der Waals surface area contributed by atoms with Gasteiger partial charge in [-0.15, -0.1) is 0 Å². The summed E-state index contributed by atoms with van der Waals surface area (Å²) in [6.07, 6.45) is 3.95. The SMILES string of the molecule is C=C(C)C1CC=C(C)C(=NNC(=O)c2ccc(OCc3ccccc3)cc2)C1. The fourth-order valence-corrected chi connectivity index (χ4v) is 3.05. The van der Waals surface area contributed by atoms with Gasteiger partial charge in [0.05, 0.1) is 5.71 Å². The first kappa shape index (κ1) is 19.6. The van der Waals surface area contributed by atoms with Gasteiger partial charge in [0, 0.05) is 5.56 Å². The summed E-state index contributed by atoms with van der Waals surface area (Å²) < 4.78 is 5.76. The van der Waals surface area contributed by atoms with Crippen LogP contribution in [0.2, 0.25) is 0 Å². The molecule has 144 valence electrons. The monoisotopic (exact) mass is 374 g/mol. The summed E-state index contributed by atoms with van der Waals surface area (Å²) in [6, 6.07) is 17.1. The van der Waals surface area contributed by atoms with Crippen LogP contribution in [-0.4, -0.2) is 11.6 Å². The number of carbonyl (C=O) groups excluding carboxylic acids is 1. The Morgan fingerprint density at radius 1 is 1.18 bits per heavy atom. The van der Waals surface area contributed by atoms with E-state index in [0.717, 1.165) is 41.0 Å². The van der Waals surface area contributed by atoms with Crippen molar-refractivity contribution in [2.45, 2.75) is 33.3 Å². The van der Waals surface area contributed by atoms with Gasteiger partial charge in [0.25, 0.3) is 5.91 Å². The zero-order chi connectivity index (χ0) is 19.9. The summed E-state index contributed by atoms with van der Waals surface area (Å²) in [4.78, 5) is 12.4. The number of hydrazone groups is 1. The zero-order valence-corrected chi connectivity index (χ0v) is 16.4. The standard InChI is InChI=1S/C24H26N2O2/c1-17(2)21-10-9-18(3)23(15-21)25-26-24(27)20-11-13-22(14-12-20)28-16-19-7-5-4-6-8-19/h4-9,11-14,21H,1,10,15-16H2,2-3H3,(H,26,27). The van der Waals surface area contributed by atoms with E-state index in [1.807, 2.05) is 44.2 Å². The summed E-state index contributed by atoms with van der Waals surface area (Å²) in [5.41, 5.74) is 7.49. The minimum atomic E-state index is -0.229. The van der Waals surface area contributed by atoms with Gasteiger partial charge in [-0.1, -0.05) is 48.6 Å². The first-order valence-corrected chi connectivity index (χ1v) is 9.49. The fourth-order valence-electron chi connectivity index (χ4n) is 3.05. The van der Waals surface area contributed by atoms with Crippen molar-refractivity contribution in [1.82, 2.24) is 5.43 Å². The van der Waals surface area contributed by atoms with Crippen molar-refractivity contribution in [2.24, 2.45) is 11.0 Å². The van der Waals surface area contributed by atoms with Crippen LogP contribution in [0.4, 0.5) is 0 Å². The molecule has 2 aromatic rings. The van der Waals surface area contributed by atoms with E-state index in [1.165, 1.54) is 0 Å². The van der Waals surface area contributed by atoms with Crippen molar-refractivity contribution in [3.05, 3.63) is 89.5 Å². The van der Waals surface area contributed by atoms with Crippen LogP contribution in [0.3, 0.4) is 0 Å². The Morgan fingerprint density at radius 2 is 1.89 bits per heavy atom. The van der Waals surface area contributed by atoms with E-state index in [4.69, 9.17) is 4.74 Å². The van der Waals surface area contributed by atoms with Crippen LogP contribution < -0.4 is 10.2 Å². The molecule has 2 aromatic carbocycles. The smallest absolute Gasteiger partial charge is 0.271 e. The molecule has 4 nitrogen and oxygen atoms in total. The van der Waals surface area contributed by atoms with E-state index in [9.17, 15) is 4.79 Å². The molecule has 0 heterocycles. The van der Waals surface area contributed by atoms with E-state index in [0.29, 0.717) is 18.1 Å². The van der Waals surface area contributed by atoms with Crippen LogP contribution >= 0.6 is 0 Å². The van der Waals surface area contributed by atoms with Crippen molar-refractivity contribution in [1.29, 1.82) is 0 Å². The number of rotatable bonds is 6. The van der Waals surface area contributed by atoms with Gasteiger partial charge >= 0.3 is 0 Å². The minimum absolute atomic E-state index is 0.229. The van der Waals surface area contributed by atoms with Crippen molar-refractivity contribution in [3.63, 3.8) is 0 Å². The number of carbonyl (C=O) groups is 1. The molecule has 0 radical (unpaired) electrons. The highest BCUT2D eigenvalue weighted by Crippen LogP contribution is 2.26. The third-order valence-corrected chi connectivity index (χ3v) is 4.96. The van der Waals surface area contributed by atoms with Gasteiger partial charge in [-0.25, -0.2) is 5.43 Å². The number of nitrogens with one attached hydrogen (secondary N) is 1. The second-order valence-electron chi connectivity index (χ2n) is 7.17. The second-order valence-corrected chi connectivity index (χ2v) is 7.17. The third kappa shape index (κ3) is 5.19. The maximum Gasteiger partial charge on any atom is 0.271 e. The maximum absolute atomic E-state index is 12.4. The van der Waals surface area contributed by atoms with Crippen molar-refractivity contribution in [2.75, 3.05) is 0 Å². The Bertz CT molecular complexity index is 896. The highest BCUT2D eigenvalue weighted by Gasteiger charge is 2.19. The van der Waals surface area contributed by atoms with Gasteiger partial charge in [0.1, 0.15) is 12.4 Å². The Balaban J connectivity index is 1.58. The molecule has 1 atom stereocenters. The van der Waals surface area contributed by atoms with Crippen LogP contribution in [0, 0.1) is 5.92 Å². The lowest BCUT2D eigenvalue weighted by Crippen LogP contribution is -2.23. The molecule has 1 amide bonds. The zero-order valence-electron chi connectivity index (χ0n) is 16.4. The van der Waals surface area contributed by atoms with Crippen molar-refractivity contribution >= 4 is 11.6 Å². The van der Waals surface area contributed by atoms with Gasteiger partial charge < -0.3 is 4.74 Å². The summed E-state index contributed by atoms with van der Waals surface area (Å²) in [5.74, 6) is 0.884. The highest BCUT2D eigenvalue weighted by atomic mass is 16.5. The Morgan fingerprint density at radius 3 is 2.57 bits per heavy atom. The number of hydrogen-bond donors (Lipinski definition) is 1. The third-order valence-electron chi connectivity index (χ3n) is 4.96. The molecule has 0 bridgehead atoms. The molecule has 1 aliphatic carbocycles. The van der Waals surface area contributed by atoms with Crippen molar-refractivity contribution in [3.8, 4) is 5.75 Å². The quantitative estimate of drug-likeness (QED) is 0.552. The number of ether oxygens (including phenoxy) is 1. The summed E-state index contributed by atoms with van der Waals surface area (Å²) in [6.45, 7) is 8.60. The summed E-state index contributed by atoms with van der Waals surface area (Å²) >= 11 is 0. The molecule has 0 saturated heterocycles. The molecule has 0 saturated carbocycles. The average molecular weight is 374 g/mol. The molecule has 0 aromatic heterocycles. The lowest BCUT2D eigenvalue weighted by atomic mass is 9.85. The van der Waals surface area contributed by atoms with Crippen molar-refractivity contribution < 1.29 is 9.53 Å². The summed E-state index contributed by atoms with van der Waals surface area (Å²) in [5, 5.41) is 4.35. The number of amides is 1. The molecule has 0 aliphatic heterocycles. The number of benzene rings is 2. The predicted octanol–water partition coefficient (Wildman–Crippen LogP) is 5.28. The van der Waals surface area contributed by atoms with E-state index >= 15 is 0 Å². The van der Waals surface area contributed by atoms with Gasteiger partial charge in [0.2, 0.25) is 0 Å². The summed E-state index contributed by atoms with van der Waals surface area (Å²) in [7, 11) is 0. The van der Waals surface area contributed by atoms with Gasteiger partial charge in [-0.05, 0) is 68.0 Å². The topological polar surface area (TPSA) is 50.7 Å². The second kappa shape index (κ2) is 9.18. The number of allylic oxidation sites excluding steroid dienone is 3. The average Bonchev–Trinajstić information content (AvgIpc) is 2.72. The van der Waals surface area contributed by atoms with Crippen LogP contribution in [-0.2, 0) is 6.61 Å². The van der Waals surface area contributed by atoms with Crippen LogP contribution in [0.15, 0.2) is 83.5 Å². The van der Waals surface area contributed by atoms with Gasteiger partial charge in [-0.2, -0.15) is 5.10 Å². The predicted molar refractivity (Wildman–Crippen MR) is 113 cm³/mol. The maximum atomic E-state index is 12.4. The van der Waals surface area contributed by atoms with E-state index in [-0.39, 0.29) is 5.91 Å². The molecule has 0 fully saturated rings. The van der Waals surface area contributed by atoms with Crippen LogP contribution in [0.1, 0.15) is 42.6 Å². The van der Waals surface area contributed by atoms with E-state index < -0.39 is 0 Å². The minimum Gasteiger partial charge on any atom is -0.489 e. The number of nitrogens with zero attached hydrogens (tertiary/aromatic N) is 1.